The van der Waals surface area contributed by atoms with Gasteiger partial charge in [0, 0.05) is 0 Å². The summed E-state index contributed by atoms with van der Waals surface area (Å²) in [6.45, 7) is 8.61. The topological polar surface area (TPSA) is 56.2 Å². The molecule has 1 atom stereocenters. The maximum Gasteiger partial charge on any atom is 0.243 e. The molecule has 0 aliphatic rings. The molecule has 0 radical (unpaired) electrons. The molecular weight excluding hydrogens is 326 g/mol. The number of imidazole rings is 1. The minimum atomic E-state index is -0.230. The van der Waals surface area contributed by atoms with Crippen molar-refractivity contribution in [1.29, 1.82) is 0 Å². The number of carbonyl (C=O) groups is 1. The summed E-state index contributed by atoms with van der Waals surface area (Å²) in [5.41, 5.74) is 3.09. The minimum absolute atomic E-state index is 0.216. The van der Waals surface area contributed by atoms with Crippen LogP contribution in [0.3, 0.4) is 0 Å². The fourth-order valence-corrected chi connectivity index (χ4v) is 2.96. The molecule has 0 aliphatic heterocycles. The van der Waals surface area contributed by atoms with E-state index in [1.165, 1.54) is 6.08 Å². The average Bonchev–Trinajstić information content (AvgIpc) is 3.01. The van der Waals surface area contributed by atoms with E-state index >= 15 is 0 Å². The smallest absolute Gasteiger partial charge is 0.243 e. The Morgan fingerprint density at radius 2 is 2.12 bits per heavy atom. The lowest BCUT2D eigenvalue weighted by Crippen LogP contribution is -2.27. The number of aromatic nitrogens is 2. The maximum absolute atomic E-state index is 11.7. The number of amides is 1. The van der Waals surface area contributed by atoms with Gasteiger partial charge in [0.25, 0.3) is 0 Å². The van der Waals surface area contributed by atoms with Gasteiger partial charge in [0.1, 0.15) is 18.2 Å². The number of aryl methyl sites for hydroxylation is 1. The van der Waals surface area contributed by atoms with E-state index in [0.29, 0.717) is 13.2 Å². The molecule has 1 N–H and O–H groups in total. The van der Waals surface area contributed by atoms with Crippen LogP contribution in [0.15, 0.2) is 61.2 Å². The van der Waals surface area contributed by atoms with Gasteiger partial charge in [-0.15, -0.1) is 0 Å². The molecule has 3 aromatic rings. The number of rotatable bonds is 7. The molecule has 3 rings (SSSR count). The lowest BCUT2D eigenvalue weighted by molar-refractivity contribution is -0.117. The van der Waals surface area contributed by atoms with Gasteiger partial charge in [0.2, 0.25) is 5.91 Å². The molecule has 134 valence electrons. The van der Waals surface area contributed by atoms with Crippen molar-refractivity contribution in [2.45, 2.75) is 26.4 Å². The highest BCUT2D eigenvalue weighted by molar-refractivity contribution is 5.87. The lowest BCUT2D eigenvalue weighted by atomic mass is 10.2. The van der Waals surface area contributed by atoms with Crippen molar-refractivity contribution in [2.24, 2.45) is 0 Å². The Morgan fingerprint density at radius 3 is 2.88 bits per heavy atom. The van der Waals surface area contributed by atoms with E-state index < -0.39 is 0 Å². The van der Waals surface area contributed by atoms with Gasteiger partial charge in [-0.05, 0) is 49.8 Å². The van der Waals surface area contributed by atoms with Gasteiger partial charge in [-0.2, -0.15) is 0 Å². The highest BCUT2D eigenvalue weighted by Gasteiger charge is 2.17. The van der Waals surface area contributed by atoms with Crippen LogP contribution in [0.1, 0.15) is 24.4 Å². The third kappa shape index (κ3) is 3.94. The molecule has 0 spiro atoms. The molecule has 1 amide bonds. The Labute approximate surface area is 153 Å². The zero-order chi connectivity index (χ0) is 18.5. The molecule has 1 unspecified atom stereocenters. The van der Waals surface area contributed by atoms with E-state index in [0.717, 1.165) is 28.2 Å². The second-order valence-electron chi connectivity index (χ2n) is 6.21. The van der Waals surface area contributed by atoms with Crippen molar-refractivity contribution in [2.75, 3.05) is 6.61 Å². The second-order valence-corrected chi connectivity index (χ2v) is 6.21. The molecule has 1 heterocycles. The number of nitrogens with one attached hydrogen (secondary N) is 1. The Morgan fingerprint density at radius 1 is 1.31 bits per heavy atom. The third-order valence-corrected chi connectivity index (χ3v) is 4.19. The van der Waals surface area contributed by atoms with Crippen LogP contribution in [-0.4, -0.2) is 22.1 Å². The first-order valence-corrected chi connectivity index (χ1v) is 8.66. The Bertz CT molecular complexity index is 930. The van der Waals surface area contributed by atoms with Crippen molar-refractivity contribution in [3.05, 3.63) is 72.6 Å². The number of ether oxygens (including phenoxy) is 1. The summed E-state index contributed by atoms with van der Waals surface area (Å²) in [4.78, 5) is 16.4. The lowest BCUT2D eigenvalue weighted by Gasteiger charge is -2.16. The fourth-order valence-electron chi connectivity index (χ4n) is 2.96. The van der Waals surface area contributed by atoms with E-state index in [-0.39, 0.29) is 11.9 Å². The molecule has 0 bridgehead atoms. The zero-order valence-electron chi connectivity index (χ0n) is 15.1. The largest absolute Gasteiger partial charge is 0.492 e. The first-order valence-electron chi connectivity index (χ1n) is 8.66. The van der Waals surface area contributed by atoms with Gasteiger partial charge in [0.15, 0.2) is 0 Å². The standard InChI is InChI=1S/C21H23N3O2/c1-4-20(25)22-16(3)21-23-18-10-5-6-11-19(18)24(21)12-13-26-17-9-7-8-15(2)14-17/h4-11,14,16H,1,12-13H2,2-3H3,(H,22,25). The van der Waals surface area contributed by atoms with E-state index in [1.54, 1.807) is 0 Å². The van der Waals surface area contributed by atoms with Crippen molar-refractivity contribution in [3.8, 4) is 5.75 Å². The molecule has 5 heteroatoms. The number of benzene rings is 2. The van der Waals surface area contributed by atoms with Crippen LogP contribution in [0, 0.1) is 6.92 Å². The summed E-state index contributed by atoms with van der Waals surface area (Å²) in [6.07, 6.45) is 1.27. The summed E-state index contributed by atoms with van der Waals surface area (Å²) in [5.74, 6) is 1.44. The minimum Gasteiger partial charge on any atom is -0.492 e. The predicted octanol–water partition coefficient (Wildman–Crippen LogP) is 3.79. The summed E-state index contributed by atoms with van der Waals surface area (Å²) in [7, 11) is 0. The van der Waals surface area contributed by atoms with Crippen LogP contribution in [0.4, 0.5) is 0 Å². The number of hydrogen-bond acceptors (Lipinski definition) is 3. The Balaban J connectivity index is 1.82. The molecular formula is C21H23N3O2. The van der Waals surface area contributed by atoms with Crippen LogP contribution in [0.2, 0.25) is 0 Å². The summed E-state index contributed by atoms with van der Waals surface area (Å²) >= 11 is 0. The number of fused-ring (bicyclic) bond motifs is 1. The van der Waals surface area contributed by atoms with Crippen LogP contribution in [0.5, 0.6) is 5.75 Å². The molecule has 0 saturated carbocycles. The van der Waals surface area contributed by atoms with Crippen molar-refractivity contribution in [3.63, 3.8) is 0 Å². The monoisotopic (exact) mass is 349 g/mol. The second kappa shape index (κ2) is 7.87. The number of hydrogen-bond donors (Lipinski definition) is 1. The maximum atomic E-state index is 11.7. The zero-order valence-corrected chi connectivity index (χ0v) is 15.1. The molecule has 26 heavy (non-hydrogen) atoms. The molecule has 0 saturated heterocycles. The summed E-state index contributed by atoms with van der Waals surface area (Å²) in [6, 6.07) is 15.7. The van der Waals surface area contributed by atoms with Gasteiger partial charge < -0.3 is 14.6 Å². The van der Waals surface area contributed by atoms with Gasteiger partial charge in [-0.1, -0.05) is 30.8 Å². The normalized spacial score (nSPS) is 11.9. The molecule has 5 nitrogen and oxygen atoms in total. The molecule has 1 aromatic heterocycles. The predicted molar refractivity (Wildman–Crippen MR) is 103 cm³/mol. The summed E-state index contributed by atoms with van der Waals surface area (Å²) in [5, 5.41) is 2.88. The van der Waals surface area contributed by atoms with Crippen LogP contribution in [-0.2, 0) is 11.3 Å². The highest BCUT2D eigenvalue weighted by Crippen LogP contribution is 2.21. The van der Waals surface area contributed by atoms with Crippen LogP contribution >= 0.6 is 0 Å². The van der Waals surface area contributed by atoms with Gasteiger partial charge >= 0.3 is 0 Å². The van der Waals surface area contributed by atoms with E-state index in [9.17, 15) is 4.79 Å². The fraction of sp³-hybridized carbons (Fsp3) is 0.238. The summed E-state index contributed by atoms with van der Waals surface area (Å²) < 4.78 is 7.99. The number of para-hydroxylation sites is 2. The Hall–Kier alpha value is -3.08. The van der Waals surface area contributed by atoms with Gasteiger partial charge in [0.05, 0.1) is 23.6 Å². The van der Waals surface area contributed by atoms with Gasteiger partial charge in [-0.25, -0.2) is 4.98 Å². The average molecular weight is 349 g/mol. The molecule has 2 aromatic carbocycles. The molecule has 0 aliphatic carbocycles. The quantitative estimate of drug-likeness (QED) is 0.660. The third-order valence-electron chi connectivity index (χ3n) is 4.19. The van der Waals surface area contributed by atoms with Gasteiger partial charge in [-0.3, -0.25) is 4.79 Å². The van der Waals surface area contributed by atoms with E-state index in [1.807, 2.05) is 62.4 Å². The number of carbonyl (C=O) groups excluding carboxylic acids is 1. The van der Waals surface area contributed by atoms with Crippen molar-refractivity contribution < 1.29 is 9.53 Å². The SMILES string of the molecule is C=CC(=O)NC(C)c1nc2ccccc2n1CCOc1cccc(C)c1. The molecule has 0 fully saturated rings. The first-order chi connectivity index (χ1) is 12.6. The van der Waals surface area contributed by atoms with E-state index in [4.69, 9.17) is 9.72 Å². The van der Waals surface area contributed by atoms with Crippen molar-refractivity contribution >= 4 is 16.9 Å². The Kier molecular flexibility index (Phi) is 5.37. The van der Waals surface area contributed by atoms with E-state index in [2.05, 4.69) is 16.5 Å². The van der Waals surface area contributed by atoms with Crippen LogP contribution in [0.25, 0.3) is 11.0 Å². The highest BCUT2D eigenvalue weighted by atomic mass is 16.5. The number of nitrogens with zero attached hydrogens (tertiary/aromatic N) is 2. The first kappa shape index (κ1) is 17.7. The van der Waals surface area contributed by atoms with Crippen LogP contribution < -0.4 is 10.1 Å². The van der Waals surface area contributed by atoms with Crippen molar-refractivity contribution in [1.82, 2.24) is 14.9 Å².